The quantitative estimate of drug-likeness (QED) is 0.128. The van der Waals surface area contributed by atoms with Crippen molar-refractivity contribution in [1.29, 1.82) is 0 Å². The van der Waals surface area contributed by atoms with Crippen LogP contribution in [0.5, 0.6) is 0 Å². The highest BCUT2D eigenvalue weighted by Gasteiger charge is 2.46. The first-order valence-corrected chi connectivity index (χ1v) is 29.3. The minimum Gasteiger partial charge on any atom is -0.310 e. The van der Waals surface area contributed by atoms with Crippen LogP contribution in [0.2, 0.25) is 0 Å². The zero-order chi connectivity index (χ0) is 54.8. The van der Waals surface area contributed by atoms with Gasteiger partial charge in [-0.25, -0.2) is 0 Å². The predicted molar refractivity (Wildman–Crippen MR) is 351 cm³/mol. The monoisotopic (exact) mass is 1080 g/mol. The molecule has 16 rings (SSSR count). The number of benzene rings is 13. The number of aromatic nitrogens is 1. The summed E-state index contributed by atoms with van der Waals surface area (Å²) in [5, 5.41) is 4.96. The number of hydrogen-bond acceptors (Lipinski definition) is 3. The fourth-order valence-corrected chi connectivity index (χ4v) is 14.7. The van der Waals surface area contributed by atoms with Gasteiger partial charge in [-0.05, 0) is 147 Å². The smallest absolute Gasteiger partial charge is 0.0713 e. The number of fused-ring (bicyclic) bond motifs is 10. The Morgan fingerprint density at radius 1 is 0.301 bits per heavy atom. The average Bonchev–Trinajstić information content (AvgIpc) is 1.93. The third-order valence-corrected chi connectivity index (χ3v) is 18.2. The van der Waals surface area contributed by atoms with Gasteiger partial charge in [0.1, 0.15) is 0 Å². The van der Waals surface area contributed by atoms with Crippen molar-refractivity contribution in [1.82, 2.24) is 4.57 Å². The van der Waals surface area contributed by atoms with Crippen molar-refractivity contribution in [2.45, 2.75) is 5.41 Å². The first kappa shape index (κ1) is 48.4. The summed E-state index contributed by atoms with van der Waals surface area (Å²) in [4.78, 5) is 4.91. The van der Waals surface area contributed by atoms with Gasteiger partial charge in [0.2, 0.25) is 0 Å². The van der Waals surface area contributed by atoms with Crippen LogP contribution in [-0.2, 0) is 5.41 Å². The Kier molecular flexibility index (Phi) is 11.6. The van der Waals surface area contributed by atoms with Gasteiger partial charge in [0.25, 0.3) is 0 Å². The highest BCUT2D eigenvalue weighted by molar-refractivity contribution is 7.26. The number of hydrogen-bond donors (Lipinski definition) is 0. The molecule has 0 unspecified atom stereocenters. The molecule has 0 radical (unpaired) electrons. The molecule has 15 aromatic rings. The third kappa shape index (κ3) is 7.86. The lowest BCUT2D eigenvalue weighted by atomic mass is 9.68. The standard InChI is InChI=1S/C79H53N3S/c1-7-25-54(26-8-1)55-43-45-62(46-44-55)80(59-31-13-4-14-32-59)64-49-56(69-53-71-67-38-20-23-41-74(67)82(61-35-17-6-18-36-61)77(71)76-68-39-21-24-42-75(68)83-78(69)76)50-65(51-64)81(60-33-15-5-16-34-60)63-47-48-73-70(52-63)66-37-19-22-40-72(66)79(73,57-27-9-2-10-28-57)58-29-11-3-12-30-58/h1-53H. The number of thiophene rings is 1. The van der Waals surface area contributed by atoms with Crippen LogP contribution >= 0.6 is 11.3 Å². The van der Waals surface area contributed by atoms with Crippen molar-refractivity contribution in [3.05, 3.63) is 344 Å². The zero-order valence-electron chi connectivity index (χ0n) is 45.3. The SMILES string of the molecule is c1ccc(-c2ccc(N(c3ccccc3)c3cc(-c4cc5c6ccccc6n(-c6ccccc6)c5c5c4sc4ccccc45)cc(N(c4ccccc4)c4ccc5c(c4)-c4ccccc4C5(c4ccccc4)c4ccccc4)c3)cc2)cc1. The van der Waals surface area contributed by atoms with E-state index in [0.717, 1.165) is 45.4 Å². The molecule has 13 aromatic carbocycles. The van der Waals surface area contributed by atoms with E-state index in [0.29, 0.717) is 0 Å². The van der Waals surface area contributed by atoms with Gasteiger partial charge in [0.15, 0.2) is 0 Å². The molecule has 3 nitrogen and oxygen atoms in total. The van der Waals surface area contributed by atoms with Crippen LogP contribution in [0.1, 0.15) is 22.3 Å². The molecule has 0 saturated carbocycles. The summed E-state index contributed by atoms with van der Waals surface area (Å²) in [7, 11) is 0. The lowest BCUT2D eigenvalue weighted by Gasteiger charge is -2.34. The molecule has 4 heteroatoms. The highest BCUT2D eigenvalue weighted by Crippen LogP contribution is 2.58. The Morgan fingerprint density at radius 2 is 0.795 bits per heavy atom. The van der Waals surface area contributed by atoms with Crippen molar-refractivity contribution in [3.63, 3.8) is 0 Å². The topological polar surface area (TPSA) is 11.4 Å². The van der Waals surface area contributed by atoms with Crippen LogP contribution in [0, 0.1) is 0 Å². The van der Waals surface area contributed by atoms with Crippen molar-refractivity contribution >= 4 is 87.4 Å². The van der Waals surface area contributed by atoms with E-state index in [9.17, 15) is 0 Å². The zero-order valence-corrected chi connectivity index (χ0v) is 46.2. The Labute approximate surface area is 487 Å². The fraction of sp³-hybridized carbons (Fsp3) is 0.0127. The molecule has 0 bridgehead atoms. The van der Waals surface area contributed by atoms with E-state index >= 15 is 0 Å². The minimum absolute atomic E-state index is 0.526. The number of anilines is 6. The van der Waals surface area contributed by atoms with E-state index in [1.807, 2.05) is 11.3 Å². The van der Waals surface area contributed by atoms with Crippen LogP contribution in [0.15, 0.2) is 322 Å². The summed E-state index contributed by atoms with van der Waals surface area (Å²) in [6, 6.07) is 118. The van der Waals surface area contributed by atoms with E-state index in [1.54, 1.807) is 0 Å². The Bertz CT molecular complexity index is 4840. The normalized spacial score (nSPS) is 12.4. The number of rotatable bonds is 11. The molecule has 0 amide bonds. The maximum absolute atomic E-state index is 2.49. The molecular weight excluding hydrogens is 1020 g/mol. The first-order chi connectivity index (χ1) is 41.2. The molecule has 2 aromatic heterocycles. The summed E-state index contributed by atoms with van der Waals surface area (Å²) in [6.07, 6.45) is 0. The average molecular weight is 1080 g/mol. The summed E-state index contributed by atoms with van der Waals surface area (Å²) >= 11 is 1.89. The van der Waals surface area contributed by atoms with Gasteiger partial charge in [-0.2, -0.15) is 0 Å². The molecule has 390 valence electrons. The van der Waals surface area contributed by atoms with Gasteiger partial charge in [0, 0.05) is 76.3 Å². The van der Waals surface area contributed by atoms with Crippen molar-refractivity contribution in [2.75, 3.05) is 9.80 Å². The minimum atomic E-state index is -0.526. The van der Waals surface area contributed by atoms with Crippen LogP contribution in [-0.4, -0.2) is 4.57 Å². The predicted octanol–water partition coefficient (Wildman–Crippen LogP) is 21.8. The Morgan fingerprint density at radius 3 is 1.46 bits per heavy atom. The van der Waals surface area contributed by atoms with Crippen molar-refractivity contribution in [2.24, 2.45) is 0 Å². The number of nitrogens with zero attached hydrogens (tertiary/aromatic N) is 3. The van der Waals surface area contributed by atoms with E-state index in [4.69, 9.17) is 0 Å². The molecule has 0 spiro atoms. The second-order valence-corrected chi connectivity index (χ2v) is 22.6. The summed E-state index contributed by atoms with van der Waals surface area (Å²) in [5.41, 5.74) is 21.5. The Balaban J connectivity index is 0.990. The number of para-hydroxylation sites is 4. The van der Waals surface area contributed by atoms with Gasteiger partial charge >= 0.3 is 0 Å². The van der Waals surface area contributed by atoms with Crippen LogP contribution in [0.25, 0.3) is 81.0 Å². The molecule has 83 heavy (non-hydrogen) atoms. The molecule has 2 heterocycles. The van der Waals surface area contributed by atoms with Gasteiger partial charge in [-0.15, -0.1) is 11.3 Å². The molecular formula is C79H53N3S. The van der Waals surface area contributed by atoms with Gasteiger partial charge in [-0.1, -0.05) is 224 Å². The van der Waals surface area contributed by atoms with Gasteiger partial charge in [-0.3, -0.25) is 0 Å². The van der Waals surface area contributed by atoms with Crippen LogP contribution in [0.3, 0.4) is 0 Å². The second kappa shape index (κ2) is 19.9. The molecule has 0 atom stereocenters. The molecule has 0 N–H and O–H groups in total. The summed E-state index contributed by atoms with van der Waals surface area (Å²) < 4.78 is 4.99. The summed E-state index contributed by atoms with van der Waals surface area (Å²) in [5.74, 6) is 0. The van der Waals surface area contributed by atoms with Crippen molar-refractivity contribution < 1.29 is 0 Å². The molecule has 0 aliphatic heterocycles. The molecule has 1 aliphatic rings. The van der Waals surface area contributed by atoms with Gasteiger partial charge in [0.05, 0.1) is 16.4 Å². The second-order valence-electron chi connectivity index (χ2n) is 21.6. The summed E-state index contributed by atoms with van der Waals surface area (Å²) in [6.45, 7) is 0. The van der Waals surface area contributed by atoms with Crippen molar-refractivity contribution in [3.8, 4) is 39.1 Å². The van der Waals surface area contributed by atoms with E-state index in [-0.39, 0.29) is 0 Å². The third-order valence-electron chi connectivity index (χ3n) is 17.0. The van der Waals surface area contributed by atoms with Gasteiger partial charge < -0.3 is 14.4 Å². The van der Waals surface area contributed by atoms with E-state index in [2.05, 4.69) is 336 Å². The lowest BCUT2D eigenvalue weighted by molar-refractivity contribution is 0.768. The lowest BCUT2D eigenvalue weighted by Crippen LogP contribution is -2.28. The maximum atomic E-state index is 2.49. The Hall–Kier alpha value is -10.5. The highest BCUT2D eigenvalue weighted by atomic mass is 32.1. The fourth-order valence-electron chi connectivity index (χ4n) is 13.5. The molecule has 0 saturated heterocycles. The van der Waals surface area contributed by atoms with Crippen LogP contribution in [0.4, 0.5) is 34.1 Å². The van der Waals surface area contributed by atoms with Crippen LogP contribution < -0.4 is 9.80 Å². The maximum Gasteiger partial charge on any atom is 0.0713 e. The van der Waals surface area contributed by atoms with E-state index < -0.39 is 5.41 Å². The van der Waals surface area contributed by atoms with E-state index in [1.165, 1.54) is 92.0 Å². The molecule has 1 aliphatic carbocycles. The first-order valence-electron chi connectivity index (χ1n) is 28.5. The molecule has 0 fully saturated rings. The largest absolute Gasteiger partial charge is 0.310 e.